The van der Waals surface area contributed by atoms with Crippen molar-refractivity contribution in [3.05, 3.63) is 24.5 Å². The monoisotopic (exact) mass is 186 g/mol. The number of methoxy groups -OCH3 is 1. The minimum Gasteiger partial charge on any atom is -0.505 e. The Balaban J connectivity index is -0.000000142. The molecule has 0 amide bonds. The molecule has 0 aliphatic carbocycles. The highest BCUT2D eigenvalue weighted by Crippen LogP contribution is 2.00. The maximum atomic E-state index is 4.31. The zero-order chi connectivity index (χ0) is 11.1. The van der Waals surface area contributed by atoms with Crippen molar-refractivity contribution in [2.75, 3.05) is 7.11 Å². The Hall–Kier alpha value is -0.720. The summed E-state index contributed by atoms with van der Waals surface area (Å²) in [6.07, 6.45) is 6.08. The zero-order valence-corrected chi connectivity index (χ0v) is 10.2. The average Bonchev–Trinajstić information content (AvgIpc) is 2.21. The molecule has 0 heterocycles. The van der Waals surface area contributed by atoms with Gasteiger partial charge in [0.15, 0.2) is 0 Å². The SMILES string of the molecule is C/C=C(/C)CCC.C=COC.CC. The third-order valence-corrected chi connectivity index (χ3v) is 1.30. The Morgan fingerprint density at radius 3 is 1.85 bits per heavy atom. The summed E-state index contributed by atoms with van der Waals surface area (Å²) in [5.74, 6) is 0. The minimum atomic E-state index is 1.26. The van der Waals surface area contributed by atoms with E-state index >= 15 is 0 Å². The van der Waals surface area contributed by atoms with Crippen molar-refractivity contribution in [2.24, 2.45) is 0 Å². The molecule has 0 N–H and O–H groups in total. The number of hydrogen-bond donors (Lipinski definition) is 0. The van der Waals surface area contributed by atoms with Gasteiger partial charge in [-0.05, 0) is 20.3 Å². The quantitative estimate of drug-likeness (QED) is 0.464. The second-order valence-electron chi connectivity index (χ2n) is 2.29. The fourth-order valence-corrected chi connectivity index (χ4v) is 0.539. The molecule has 1 nitrogen and oxygen atoms in total. The van der Waals surface area contributed by atoms with Gasteiger partial charge in [-0.2, -0.15) is 0 Å². The van der Waals surface area contributed by atoms with Crippen molar-refractivity contribution >= 4 is 0 Å². The van der Waals surface area contributed by atoms with Gasteiger partial charge < -0.3 is 4.74 Å². The molecule has 0 aromatic heterocycles. The largest absolute Gasteiger partial charge is 0.505 e. The van der Waals surface area contributed by atoms with Crippen LogP contribution in [0.5, 0.6) is 0 Å². The molecular formula is C12H26O. The number of ether oxygens (including phenoxy) is 1. The summed E-state index contributed by atoms with van der Waals surface area (Å²) < 4.78 is 4.31. The zero-order valence-electron chi connectivity index (χ0n) is 10.2. The predicted molar refractivity (Wildman–Crippen MR) is 62.9 cm³/mol. The molecule has 0 spiro atoms. The Kier molecular flexibility index (Phi) is 31.4. The molecule has 80 valence electrons. The summed E-state index contributed by atoms with van der Waals surface area (Å²) in [6, 6.07) is 0. The molecule has 0 saturated carbocycles. The molecule has 0 aliphatic rings. The second kappa shape index (κ2) is 22.5. The summed E-state index contributed by atoms with van der Waals surface area (Å²) >= 11 is 0. The van der Waals surface area contributed by atoms with Crippen LogP contribution in [0.3, 0.4) is 0 Å². The van der Waals surface area contributed by atoms with Gasteiger partial charge in [-0.1, -0.05) is 45.4 Å². The molecule has 0 saturated heterocycles. The van der Waals surface area contributed by atoms with Crippen molar-refractivity contribution < 1.29 is 4.74 Å². The van der Waals surface area contributed by atoms with Crippen LogP contribution in [0.25, 0.3) is 0 Å². The summed E-state index contributed by atoms with van der Waals surface area (Å²) in [5.41, 5.74) is 1.50. The summed E-state index contributed by atoms with van der Waals surface area (Å²) in [7, 11) is 1.56. The molecule has 0 unspecified atom stereocenters. The van der Waals surface area contributed by atoms with Crippen molar-refractivity contribution in [3.8, 4) is 0 Å². The third kappa shape index (κ3) is 34.8. The first-order valence-corrected chi connectivity index (χ1v) is 4.98. The van der Waals surface area contributed by atoms with Gasteiger partial charge in [0.2, 0.25) is 0 Å². The lowest BCUT2D eigenvalue weighted by Crippen LogP contribution is -1.70. The van der Waals surface area contributed by atoms with E-state index in [1.165, 1.54) is 24.7 Å². The summed E-state index contributed by atoms with van der Waals surface area (Å²) in [5, 5.41) is 0. The van der Waals surface area contributed by atoms with E-state index in [9.17, 15) is 0 Å². The molecule has 0 fully saturated rings. The second-order valence-corrected chi connectivity index (χ2v) is 2.29. The molecule has 0 aromatic rings. The van der Waals surface area contributed by atoms with E-state index in [1.807, 2.05) is 13.8 Å². The van der Waals surface area contributed by atoms with Gasteiger partial charge in [0.25, 0.3) is 0 Å². The van der Waals surface area contributed by atoms with Crippen LogP contribution in [0.2, 0.25) is 0 Å². The molecule has 0 aliphatic heterocycles. The van der Waals surface area contributed by atoms with E-state index < -0.39 is 0 Å². The normalized spacial score (nSPS) is 8.62. The standard InChI is InChI=1S/C7H14.C3H6O.C2H6/c1-4-6-7(3)5-2;1-3-4-2;1-2/h5H,4,6H2,1-3H3;3H,1H2,2H3;1-2H3/b7-5-;;. The lowest BCUT2D eigenvalue weighted by Gasteiger charge is -1.91. The average molecular weight is 186 g/mol. The van der Waals surface area contributed by atoms with Gasteiger partial charge in [-0.25, -0.2) is 0 Å². The lowest BCUT2D eigenvalue weighted by atomic mass is 10.2. The molecule has 0 bridgehead atoms. The highest BCUT2D eigenvalue weighted by atomic mass is 16.5. The van der Waals surface area contributed by atoms with Crippen molar-refractivity contribution in [3.63, 3.8) is 0 Å². The number of hydrogen-bond acceptors (Lipinski definition) is 1. The summed E-state index contributed by atoms with van der Waals surface area (Å²) in [6.45, 7) is 13.7. The molecular weight excluding hydrogens is 160 g/mol. The molecule has 0 rings (SSSR count). The highest BCUT2D eigenvalue weighted by Gasteiger charge is 1.79. The predicted octanol–water partition coefficient (Wildman–Crippen LogP) is 4.56. The van der Waals surface area contributed by atoms with E-state index in [2.05, 4.69) is 38.2 Å². The van der Waals surface area contributed by atoms with E-state index in [0.717, 1.165) is 0 Å². The van der Waals surface area contributed by atoms with Gasteiger partial charge in [0, 0.05) is 0 Å². The first-order valence-electron chi connectivity index (χ1n) is 4.98. The maximum absolute atomic E-state index is 4.31. The van der Waals surface area contributed by atoms with Gasteiger partial charge in [-0.15, -0.1) is 0 Å². The molecule has 13 heavy (non-hydrogen) atoms. The fourth-order valence-electron chi connectivity index (χ4n) is 0.539. The van der Waals surface area contributed by atoms with Crippen LogP contribution < -0.4 is 0 Å². The van der Waals surface area contributed by atoms with Gasteiger partial charge >= 0.3 is 0 Å². The fraction of sp³-hybridized carbons (Fsp3) is 0.667. The third-order valence-electron chi connectivity index (χ3n) is 1.30. The van der Waals surface area contributed by atoms with E-state index in [1.54, 1.807) is 7.11 Å². The van der Waals surface area contributed by atoms with Crippen LogP contribution in [0, 0.1) is 0 Å². The number of allylic oxidation sites excluding steroid dienone is 2. The molecule has 0 atom stereocenters. The maximum Gasteiger partial charge on any atom is 0.0766 e. The minimum absolute atomic E-state index is 1.26. The van der Waals surface area contributed by atoms with Crippen LogP contribution in [0.1, 0.15) is 47.5 Å². The lowest BCUT2D eigenvalue weighted by molar-refractivity contribution is 0.339. The Labute approximate surface area is 84.5 Å². The van der Waals surface area contributed by atoms with Crippen molar-refractivity contribution in [1.82, 2.24) is 0 Å². The van der Waals surface area contributed by atoms with Crippen LogP contribution in [0.4, 0.5) is 0 Å². The van der Waals surface area contributed by atoms with E-state index in [-0.39, 0.29) is 0 Å². The van der Waals surface area contributed by atoms with Gasteiger partial charge in [0.05, 0.1) is 13.4 Å². The van der Waals surface area contributed by atoms with Crippen LogP contribution in [-0.2, 0) is 4.74 Å². The van der Waals surface area contributed by atoms with Crippen molar-refractivity contribution in [1.29, 1.82) is 0 Å². The molecule has 0 aromatic carbocycles. The Morgan fingerprint density at radius 1 is 1.38 bits per heavy atom. The first kappa shape index (κ1) is 18.1. The first-order chi connectivity index (χ1) is 6.22. The van der Waals surface area contributed by atoms with E-state index in [0.29, 0.717) is 0 Å². The van der Waals surface area contributed by atoms with Gasteiger partial charge in [0.1, 0.15) is 0 Å². The molecule has 0 radical (unpaired) electrons. The van der Waals surface area contributed by atoms with Gasteiger partial charge in [-0.3, -0.25) is 0 Å². The Morgan fingerprint density at radius 2 is 1.77 bits per heavy atom. The van der Waals surface area contributed by atoms with Crippen LogP contribution >= 0.6 is 0 Å². The molecule has 1 heteroatoms. The van der Waals surface area contributed by atoms with Crippen LogP contribution in [-0.4, -0.2) is 7.11 Å². The number of rotatable bonds is 3. The van der Waals surface area contributed by atoms with Crippen LogP contribution in [0.15, 0.2) is 24.5 Å². The van der Waals surface area contributed by atoms with Crippen molar-refractivity contribution in [2.45, 2.75) is 47.5 Å². The summed E-state index contributed by atoms with van der Waals surface area (Å²) in [4.78, 5) is 0. The highest BCUT2D eigenvalue weighted by molar-refractivity contribution is 4.94. The smallest absolute Gasteiger partial charge is 0.0766 e. The topological polar surface area (TPSA) is 9.23 Å². The van der Waals surface area contributed by atoms with E-state index in [4.69, 9.17) is 0 Å². The Bertz CT molecular complexity index is 104.